The molecule has 23 heavy (non-hydrogen) atoms. The van der Waals surface area contributed by atoms with Crippen molar-refractivity contribution in [3.8, 4) is 0 Å². The molecule has 115 valence electrons. The summed E-state index contributed by atoms with van der Waals surface area (Å²) in [5.74, 6) is 0. The smallest absolute Gasteiger partial charge is 0.356 e. The van der Waals surface area contributed by atoms with E-state index in [-0.39, 0.29) is 27.7 Å². The van der Waals surface area contributed by atoms with E-state index in [2.05, 4.69) is 10.5 Å². The van der Waals surface area contributed by atoms with E-state index in [0.717, 1.165) is 11.4 Å². The number of hydrogen-bond acceptors (Lipinski definition) is 6. The summed E-state index contributed by atoms with van der Waals surface area (Å²) in [7, 11) is 0. The Morgan fingerprint density at radius 1 is 1.00 bits per heavy atom. The molecule has 0 aromatic heterocycles. The summed E-state index contributed by atoms with van der Waals surface area (Å²) in [4.78, 5) is 19.5. The molecule has 0 aliphatic carbocycles. The minimum absolute atomic E-state index is 0. The third-order valence-corrected chi connectivity index (χ3v) is 2.34. The zero-order chi connectivity index (χ0) is 16.4. The van der Waals surface area contributed by atoms with Crippen molar-refractivity contribution in [2.75, 3.05) is 5.01 Å². The van der Waals surface area contributed by atoms with Crippen LogP contribution in [0.1, 0.15) is 0 Å². The van der Waals surface area contributed by atoms with Crippen molar-refractivity contribution in [3.63, 3.8) is 0 Å². The van der Waals surface area contributed by atoms with Crippen molar-refractivity contribution in [1.82, 2.24) is 5.43 Å². The van der Waals surface area contributed by atoms with E-state index in [4.69, 9.17) is 20.9 Å². The molecule has 2 aromatic carbocycles. The van der Waals surface area contributed by atoms with E-state index in [1.165, 1.54) is 0 Å². The number of anilines is 2. The van der Waals surface area contributed by atoms with Gasteiger partial charge in [0, 0.05) is 0 Å². The van der Waals surface area contributed by atoms with Crippen LogP contribution in [0, 0.1) is 20.9 Å². The largest absolute Gasteiger partial charge is 1.00 e. The van der Waals surface area contributed by atoms with Crippen LogP contribution >= 0.6 is 0 Å². The van der Waals surface area contributed by atoms with Gasteiger partial charge in [0.15, 0.2) is 0 Å². The van der Waals surface area contributed by atoms with Gasteiger partial charge in [0.25, 0.3) is 0 Å². The van der Waals surface area contributed by atoms with Crippen LogP contribution in [0.5, 0.6) is 0 Å². The first kappa shape index (κ1) is 20.4. The van der Waals surface area contributed by atoms with E-state index in [0.29, 0.717) is 0 Å². The van der Waals surface area contributed by atoms with Crippen LogP contribution in [-0.2, 0) is 27.7 Å². The van der Waals surface area contributed by atoms with Crippen LogP contribution < -0.4 is 10.4 Å². The van der Waals surface area contributed by atoms with Gasteiger partial charge >= 0.3 is 33.7 Å². The summed E-state index contributed by atoms with van der Waals surface area (Å²) in [5.41, 5.74) is 10.8. The fraction of sp³-hybridized carbons (Fsp3) is 0. The Bertz CT molecular complexity index is 583. The van der Waals surface area contributed by atoms with E-state index in [1.807, 2.05) is 60.7 Å². The molecular weight excluding hydrogens is 491 g/mol. The second-order valence-corrected chi connectivity index (χ2v) is 3.76. The van der Waals surface area contributed by atoms with Crippen molar-refractivity contribution in [3.05, 3.63) is 76.0 Å². The molecule has 0 saturated carbocycles. The Kier molecular flexibility index (Phi) is 9.84. The average Bonchev–Trinajstić information content (AvgIpc) is 2.53. The molecule has 9 nitrogen and oxygen atoms in total. The minimum Gasteiger partial charge on any atom is -0.356 e. The van der Waals surface area contributed by atoms with Crippen molar-refractivity contribution >= 4 is 17.4 Å². The molecule has 0 spiro atoms. The van der Waals surface area contributed by atoms with Gasteiger partial charge in [0.1, 0.15) is 0 Å². The summed E-state index contributed by atoms with van der Waals surface area (Å²) in [5, 5.41) is 19.2. The molecule has 2 amide bonds. The van der Waals surface area contributed by atoms with E-state index < -0.39 is 11.1 Å². The molecular formula is C13H12HgN5O4. The molecule has 2 N–H and O–H groups in total. The van der Waals surface area contributed by atoms with Gasteiger partial charge in [0.2, 0.25) is 0 Å². The third-order valence-electron chi connectivity index (χ3n) is 2.34. The SMILES string of the molecule is N=NC(=O)NN(c1ccccc1)c1ccccc1.O=[N+]([O-])[O-].[Hg+]. The van der Waals surface area contributed by atoms with Gasteiger partial charge in [-0.3, -0.25) is 5.01 Å². The molecule has 0 bridgehead atoms. The maximum Gasteiger partial charge on any atom is 1.00 e. The minimum atomic E-state index is -1.75. The number of benzene rings is 2. The summed E-state index contributed by atoms with van der Waals surface area (Å²) >= 11 is 0. The van der Waals surface area contributed by atoms with Gasteiger partial charge in [-0.25, -0.2) is 10.2 Å². The number of nitrogens with one attached hydrogen (secondary N) is 2. The van der Waals surface area contributed by atoms with Gasteiger partial charge in [-0.15, -0.1) is 0 Å². The molecule has 1 radical (unpaired) electrons. The number of amides is 2. The van der Waals surface area contributed by atoms with Gasteiger partial charge in [0.05, 0.1) is 16.5 Å². The molecule has 0 atom stereocenters. The average molecular weight is 503 g/mol. The first-order valence-electron chi connectivity index (χ1n) is 5.94. The van der Waals surface area contributed by atoms with Crippen molar-refractivity contribution in [2.24, 2.45) is 5.11 Å². The van der Waals surface area contributed by atoms with Crippen molar-refractivity contribution in [1.29, 1.82) is 5.53 Å². The number of rotatable bonds is 3. The molecule has 2 rings (SSSR count). The predicted octanol–water partition coefficient (Wildman–Crippen LogP) is 3.24. The monoisotopic (exact) mass is 504 g/mol. The van der Waals surface area contributed by atoms with Crippen LogP contribution in [0.2, 0.25) is 0 Å². The number of nitrogens with zero attached hydrogens (tertiary/aromatic N) is 3. The molecule has 0 aliphatic heterocycles. The van der Waals surface area contributed by atoms with E-state index >= 15 is 0 Å². The summed E-state index contributed by atoms with van der Waals surface area (Å²) < 4.78 is 0. The quantitative estimate of drug-likeness (QED) is 0.287. The Morgan fingerprint density at radius 2 is 1.35 bits per heavy atom. The summed E-state index contributed by atoms with van der Waals surface area (Å²) in [6.45, 7) is 0. The van der Waals surface area contributed by atoms with E-state index in [1.54, 1.807) is 5.01 Å². The molecule has 0 aliphatic rings. The normalized spacial score (nSPS) is 8.52. The van der Waals surface area contributed by atoms with Crippen LogP contribution in [0.25, 0.3) is 0 Å². The van der Waals surface area contributed by atoms with Crippen LogP contribution in [0.4, 0.5) is 16.2 Å². The topological polar surface area (TPSA) is 135 Å². The van der Waals surface area contributed by atoms with Crippen LogP contribution in [0.15, 0.2) is 65.8 Å². The first-order valence-corrected chi connectivity index (χ1v) is 5.94. The number of carbonyl (C=O) groups excluding carboxylic acids is 1. The van der Waals surface area contributed by atoms with Crippen molar-refractivity contribution < 1.29 is 37.6 Å². The molecule has 10 heteroatoms. The summed E-state index contributed by atoms with van der Waals surface area (Å²) in [6.07, 6.45) is 0. The van der Waals surface area contributed by atoms with Gasteiger partial charge in [-0.2, -0.15) is 5.53 Å². The maximum atomic E-state index is 11.3. The van der Waals surface area contributed by atoms with Crippen LogP contribution in [-0.4, -0.2) is 11.1 Å². The Hall–Kier alpha value is -2.55. The maximum absolute atomic E-state index is 11.3. The third kappa shape index (κ3) is 7.86. The first-order chi connectivity index (χ1) is 10.5. The number of urea groups is 1. The Labute approximate surface area is 152 Å². The number of carbonyl (C=O) groups is 1. The predicted molar refractivity (Wildman–Crippen MR) is 79.1 cm³/mol. The number of para-hydroxylation sites is 2. The second kappa shape index (κ2) is 11.1. The Morgan fingerprint density at radius 3 is 1.65 bits per heavy atom. The van der Waals surface area contributed by atoms with Crippen LogP contribution in [0.3, 0.4) is 0 Å². The molecule has 0 fully saturated rings. The molecule has 0 unspecified atom stereocenters. The zero-order valence-corrected chi connectivity index (χ0v) is 17.5. The zero-order valence-electron chi connectivity index (χ0n) is 12.0. The molecule has 0 heterocycles. The fourth-order valence-electron chi connectivity index (χ4n) is 1.55. The fourth-order valence-corrected chi connectivity index (χ4v) is 1.55. The summed E-state index contributed by atoms with van der Waals surface area (Å²) in [6, 6.07) is 18.0. The van der Waals surface area contributed by atoms with E-state index in [9.17, 15) is 4.79 Å². The second-order valence-electron chi connectivity index (χ2n) is 3.76. The number of hydrogen-bond donors (Lipinski definition) is 2. The molecule has 0 saturated heterocycles. The van der Waals surface area contributed by atoms with Gasteiger partial charge in [-0.05, 0) is 24.3 Å². The number of hydrazine groups is 1. The van der Waals surface area contributed by atoms with Gasteiger partial charge in [-0.1, -0.05) is 41.5 Å². The Balaban J connectivity index is 0.000000871. The van der Waals surface area contributed by atoms with Crippen molar-refractivity contribution in [2.45, 2.75) is 0 Å². The molecule has 2 aromatic rings. The van der Waals surface area contributed by atoms with Gasteiger partial charge < -0.3 is 15.3 Å². The standard InChI is InChI=1S/C13H12N4O.Hg.NO3/c14-15-13(18)16-17(11-7-3-1-4-8-11)12-9-5-2-6-10-12;;2-1(3)4/h1-10,14H,(H,16,18);;/q;+1;-1.